The van der Waals surface area contributed by atoms with Gasteiger partial charge < -0.3 is 15.6 Å². The number of thiophene rings is 1. The van der Waals surface area contributed by atoms with Gasteiger partial charge in [-0.2, -0.15) is 0 Å². The molecule has 0 aliphatic heterocycles. The summed E-state index contributed by atoms with van der Waals surface area (Å²) in [5.41, 5.74) is 7.94. The lowest BCUT2D eigenvalue weighted by molar-refractivity contribution is 0.0702. The van der Waals surface area contributed by atoms with Crippen molar-refractivity contribution in [1.29, 1.82) is 0 Å². The Kier molecular flexibility index (Phi) is 4.75. The minimum absolute atomic E-state index is 0. The van der Waals surface area contributed by atoms with E-state index >= 15 is 0 Å². The molecule has 0 bridgehead atoms. The van der Waals surface area contributed by atoms with Crippen molar-refractivity contribution in [1.82, 2.24) is 0 Å². The Morgan fingerprint density at radius 1 is 1.44 bits per heavy atom. The number of ether oxygens (including phenoxy) is 1. The van der Waals surface area contributed by atoms with Crippen LogP contribution in [-0.4, -0.2) is 18.2 Å². The first-order chi connectivity index (χ1) is 8.13. The van der Waals surface area contributed by atoms with Crippen LogP contribution < -0.4 is 10.5 Å². The molecular weight excluding hydrogens is 318 g/mol. The molecule has 18 heavy (non-hydrogen) atoms. The van der Waals surface area contributed by atoms with E-state index in [1.807, 2.05) is 12.1 Å². The Balaban J connectivity index is 0.00000162. The van der Waals surface area contributed by atoms with E-state index in [-0.39, 0.29) is 17.0 Å². The Bertz CT molecular complexity index is 568. The number of hydrogen-bond acceptors (Lipinski definition) is 4. The van der Waals surface area contributed by atoms with Crippen LogP contribution in [0.1, 0.15) is 9.67 Å². The molecule has 3 N–H and O–H groups in total. The number of carbonyl (C=O) groups is 1. The Morgan fingerprint density at radius 2 is 2.17 bits per heavy atom. The first kappa shape index (κ1) is 14.5. The van der Waals surface area contributed by atoms with Gasteiger partial charge in [0, 0.05) is 5.56 Å². The first-order valence-corrected chi connectivity index (χ1v) is 5.76. The van der Waals surface area contributed by atoms with E-state index in [0.717, 1.165) is 11.1 Å². The van der Waals surface area contributed by atoms with Crippen molar-refractivity contribution in [2.75, 3.05) is 12.8 Å². The summed E-state index contributed by atoms with van der Waals surface area (Å²) in [7, 11) is 1.54. The highest BCUT2D eigenvalue weighted by Gasteiger charge is 2.13. The van der Waals surface area contributed by atoms with Crippen LogP contribution in [0.25, 0.3) is 11.1 Å². The van der Waals surface area contributed by atoms with Crippen LogP contribution in [0.2, 0.25) is 0 Å². The van der Waals surface area contributed by atoms with E-state index in [1.165, 1.54) is 11.3 Å². The van der Waals surface area contributed by atoms with Gasteiger partial charge in [0.2, 0.25) is 0 Å². The minimum Gasteiger partial charge on any atom is -0.494 e. The van der Waals surface area contributed by atoms with Gasteiger partial charge >= 0.3 is 5.97 Å². The van der Waals surface area contributed by atoms with Crippen molar-refractivity contribution in [3.8, 4) is 16.9 Å². The number of rotatable bonds is 3. The smallest absolute Gasteiger partial charge is 0.345 e. The number of nitrogens with two attached hydrogens (primary N) is 1. The fourth-order valence-electron chi connectivity index (χ4n) is 1.60. The zero-order chi connectivity index (χ0) is 12.4. The molecule has 1 aromatic carbocycles. The lowest BCUT2D eigenvalue weighted by Gasteiger charge is -2.09. The van der Waals surface area contributed by atoms with Crippen molar-refractivity contribution in [2.45, 2.75) is 0 Å². The van der Waals surface area contributed by atoms with Gasteiger partial charge in [0.15, 0.2) is 0 Å². The second kappa shape index (κ2) is 5.88. The van der Waals surface area contributed by atoms with Crippen molar-refractivity contribution in [2.24, 2.45) is 0 Å². The van der Waals surface area contributed by atoms with Gasteiger partial charge in [0.1, 0.15) is 10.6 Å². The third-order valence-electron chi connectivity index (χ3n) is 2.37. The standard InChI is InChI=1S/C12H11NO3S.BrH/c1-16-11-8(3-2-4-9(11)13)7-5-10(12(14)15)17-6-7;/h2-6H,13H2,1H3,(H,14,15);1H. The summed E-state index contributed by atoms with van der Waals surface area (Å²) < 4.78 is 5.23. The van der Waals surface area contributed by atoms with Crippen LogP contribution in [0.3, 0.4) is 0 Å². The van der Waals surface area contributed by atoms with E-state index < -0.39 is 5.97 Å². The van der Waals surface area contributed by atoms with E-state index in [9.17, 15) is 4.79 Å². The molecule has 0 fully saturated rings. The van der Waals surface area contributed by atoms with E-state index in [4.69, 9.17) is 15.6 Å². The molecule has 0 atom stereocenters. The molecule has 2 aromatic rings. The lowest BCUT2D eigenvalue weighted by atomic mass is 10.1. The second-order valence-corrected chi connectivity index (χ2v) is 4.34. The number of anilines is 1. The van der Waals surface area contributed by atoms with Crippen LogP contribution >= 0.6 is 28.3 Å². The molecule has 2 rings (SSSR count). The molecule has 0 unspecified atom stereocenters. The van der Waals surface area contributed by atoms with Crippen LogP contribution in [0.5, 0.6) is 5.75 Å². The third-order valence-corrected chi connectivity index (χ3v) is 3.29. The van der Waals surface area contributed by atoms with Crippen molar-refractivity contribution in [3.63, 3.8) is 0 Å². The molecule has 0 aliphatic carbocycles. The summed E-state index contributed by atoms with van der Waals surface area (Å²) >= 11 is 1.18. The van der Waals surface area contributed by atoms with Crippen LogP contribution in [0.15, 0.2) is 29.6 Å². The highest BCUT2D eigenvalue weighted by atomic mass is 79.9. The number of para-hydroxylation sites is 1. The number of nitrogen functional groups attached to an aromatic ring is 1. The predicted octanol–water partition coefficient (Wildman–Crippen LogP) is 3.28. The molecule has 0 radical (unpaired) electrons. The Labute approximate surface area is 119 Å². The molecule has 0 saturated heterocycles. The number of hydrogen-bond donors (Lipinski definition) is 2. The third kappa shape index (κ3) is 2.65. The lowest BCUT2D eigenvalue weighted by Crippen LogP contribution is -1.94. The number of methoxy groups -OCH3 is 1. The van der Waals surface area contributed by atoms with Gasteiger partial charge in [-0.25, -0.2) is 4.79 Å². The summed E-state index contributed by atoms with van der Waals surface area (Å²) in [6.07, 6.45) is 0. The first-order valence-electron chi connectivity index (χ1n) is 4.88. The SMILES string of the molecule is Br.COc1c(N)cccc1-c1csc(C(=O)O)c1. The number of halogens is 1. The second-order valence-electron chi connectivity index (χ2n) is 3.43. The van der Waals surface area contributed by atoms with Gasteiger partial charge in [-0.05, 0) is 23.1 Å². The Morgan fingerprint density at radius 3 is 2.72 bits per heavy atom. The quantitative estimate of drug-likeness (QED) is 0.847. The minimum atomic E-state index is -0.927. The number of aromatic carboxylic acids is 1. The van der Waals surface area contributed by atoms with Gasteiger partial charge in [0.05, 0.1) is 12.8 Å². The summed E-state index contributed by atoms with van der Waals surface area (Å²) in [6, 6.07) is 7.02. The zero-order valence-electron chi connectivity index (χ0n) is 9.54. The number of benzene rings is 1. The molecule has 1 heterocycles. The maximum atomic E-state index is 10.8. The van der Waals surface area contributed by atoms with Crippen LogP contribution in [0.4, 0.5) is 5.69 Å². The number of carboxylic acid groups (broad SMARTS) is 1. The highest BCUT2D eigenvalue weighted by Crippen LogP contribution is 2.36. The van der Waals surface area contributed by atoms with E-state index in [2.05, 4.69) is 0 Å². The summed E-state index contributed by atoms with van der Waals surface area (Å²) in [6.45, 7) is 0. The highest BCUT2D eigenvalue weighted by molar-refractivity contribution is 8.93. The van der Waals surface area contributed by atoms with E-state index in [1.54, 1.807) is 24.6 Å². The topological polar surface area (TPSA) is 72.5 Å². The van der Waals surface area contributed by atoms with Gasteiger partial charge in [-0.1, -0.05) is 12.1 Å². The molecule has 6 heteroatoms. The fraction of sp³-hybridized carbons (Fsp3) is 0.0833. The van der Waals surface area contributed by atoms with Gasteiger partial charge in [0.25, 0.3) is 0 Å². The summed E-state index contributed by atoms with van der Waals surface area (Å²) in [4.78, 5) is 11.1. The zero-order valence-corrected chi connectivity index (χ0v) is 12.1. The molecule has 0 spiro atoms. The summed E-state index contributed by atoms with van der Waals surface area (Å²) in [5.74, 6) is -0.355. The van der Waals surface area contributed by atoms with Crippen LogP contribution in [0, 0.1) is 0 Å². The molecule has 4 nitrogen and oxygen atoms in total. The molecule has 1 aromatic heterocycles. The summed E-state index contributed by atoms with van der Waals surface area (Å²) in [5, 5.41) is 10.7. The van der Waals surface area contributed by atoms with Gasteiger partial charge in [-0.3, -0.25) is 0 Å². The number of carboxylic acids is 1. The maximum Gasteiger partial charge on any atom is 0.345 e. The van der Waals surface area contributed by atoms with Crippen molar-refractivity contribution in [3.05, 3.63) is 34.5 Å². The molecular formula is C12H12BrNO3S. The Hall–Kier alpha value is -1.53. The van der Waals surface area contributed by atoms with Crippen molar-refractivity contribution < 1.29 is 14.6 Å². The average molecular weight is 330 g/mol. The van der Waals surface area contributed by atoms with Gasteiger partial charge in [-0.15, -0.1) is 28.3 Å². The maximum absolute atomic E-state index is 10.8. The molecule has 0 saturated carbocycles. The normalized spacial score (nSPS) is 9.61. The predicted molar refractivity (Wildman–Crippen MR) is 78.0 cm³/mol. The van der Waals surface area contributed by atoms with Crippen molar-refractivity contribution >= 4 is 40.0 Å². The molecule has 0 amide bonds. The van der Waals surface area contributed by atoms with E-state index in [0.29, 0.717) is 16.3 Å². The largest absolute Gasteiger partial charge is 0.494 e. The van der Waals surface area contributed by atoms with Crippen LogP contribution in [-0.2, 0) is 0 Å². The fourth-order valence-corrected chi connectivity index (χ4v) is 2.34. The molecule has 96 valence electrons. The molecule has 0 aliphatic rings. The monoisotopic (exact) mass is 329 g/mol. The average Bonchev–Trinajstić information content (AvgIpc) is 2.77.